The minimum absolute atomic E-state index is 0.408. The Balaban J connectivity index is 2.58. The van der Waals surface area contributed by atoms with Gasteiger partial charge in [0, 0.05) is 12.7 Å². The number of nitrogens with zero attached hydrogens (tertiary/aromatic N) is 1. The van der Waals surface area contributed by atoms with Gasteiger partial charge in [0.05, 0.1) is 12.1 Å². The van der Waals surface area contributed by atoms with Gasteiger partial charge in [-0.25, -0.2) is 4.79 Å². The molecule has 0 aromatic carbocycles. The molecule has 0 spiro atoms. The van der Waals surface area contributed by atoms with Crippen molar-refractivity contribution in [2.24, 2.45) is 0 Å². The average molecular weight is 265 g/mol. The SMILES string of the molecule is CCCCCCn1cccc1C(=O)CC(=O)C(=O)O. The van der Waals surface area contributed by atoms with E-state index in [-0.39, 0.29) is 0 Å². The summed E-state index contributed by atoms with van der Waals surface area (Å²) >= 11 is 0. The highest BCUT2D eigenvalue weighted by atomic mass is 16.4. The van der Waals surface area contributed by atoms with Gasteiger partial charge in [0.1, 0.15) is 0 Å². The van der Waals surface area contributed by atoms with Crippen LogP contribution < -0.4 is 0 Å². The first kappa shape index (κ1) is 15.1. The zero-order valence-electron chi connectivity index (χ0n) is 11.1. The second-order valence-corrected chi connectivity index (χ2v) is 4.48. The first-order chi connectivity index (χ1) is 9.06. The quantitative estimate of drug-likeness (QED) is 0.322. The number of ketones is 2. The van der Waals surface area contributed by atoms with Gasteiger partial charge in [-0.05, 0) is 18.6 Å². The molecule has 0 atom stereocenters. The summed E-state index contributed by atoms with van der Waals surface area (Å²) in [7, 11) is 0. The third-order valence-electron chi connectivity index (χ3n) is 2.93. The van der Waals surface area contributed by atoms with Gasteiger partial charge in [-0.3, -0.25) is 9.59 Å². The predicted octanol–water partition coefficient (Wildman–Crippen LogP) is 2.29. The molecule has 0 aliphatic heterocycles. The minimum atomic E-state index is -1.56. The third-order valence-corrected chi connectivity index (χ3v) is 2.93. The fourth-order valence-corrected chi connectivity index (χ4v) is 1.88. The lowest BCUT2D eigenvalue weighted by atomic mass is 10.1. The number of carbonyl (C=O) groups is 3. The van der Waals surface area contributed by atoms with Crippen molar-refractivity contribution in [1.29, 1.82) is 0 Å². The maximum absolute atomic E-state index is 11.8. The number of hydrogen-bond acceptors (Lipinski definition) is 3. The Morgan fingerprint density at radius 3 is 2.58 bits per heavy atom. The molecule has 5 heteroatoms. The van der Waals surface area contributed by atoms with Crippen LogP contribution in [0.2, 0.25) is 0 Å². The molecule has 0 amide bonds. The smallest absolute Gasteiger partial charge is 0.372 e. The zero-order valence-corrected chi connectivity index (χ0v) is 11.1. The third kappa shape index (κ3) is 4.69. The highest BCUT2D eigenvalue weighted by molar-refractivity contribution is 6.37. The molecule has 1 aromatic heterocycles. The van der Waals surface area contributed by atoms with Crippen molar-refractivity contribution in [3.8, 4) is 0 Å². The van der Waals surface area contributed by atoms with E-state index < -0.39 is 24.0 Å². The van der Waals surface area contributed by atoms with E-state index in [1.54, 1.807) is 22.9 Å². The molecule has 1 N–H and O–H groups in total. The molecular formula is C14H19NO4. The number of aromatic nitrogens is 1. The van der Waals surface area contributed by atoms with Crippen LogP contribution in [0.15, 0.2) is 18.3 Å². The fraction of sp³-hybridized carbons (Fsp3) is 0.500. The molecule has 0 bridgehead atoms. The Bertz CT molecular complexity index is 462. The van der Waals surface area contributed by atoms with Crippen LogP contribution in [-0.4, -0.2) is 27.2 Å². The van der Waals surface area contributed by atoms with Crippen LogP contribution in [0.3, 0.4) is 0 Å². The Labute approximate surface area is 112 Å². The van der Waals surface area contributed by atoms with Crippen molar-refractivity contribution in [2.75, 3.05) is 0 Å². The lowest BCUT2D eigenvalue weighted by Gasteiger charge is -2.07. The standard InChI is InChI=1S/C14H19NO4/c1-2-3-4-5-8-15-9-6-7-11(15)12(16)10-13(17)14(18)19/h6-7,9H,2-5,8,10H2,1H3,(H,18,19). The van der Waals surface area contributed by atoms with E-state index in [0.29, 0.717) is 5.69 Å². The Hall–Kier alpha value is -1.91. The topological polar surface area (TPSA) is 76.4 Å². The summed E-state index contributed by atoms with van der Waals surface area (Å²) in [4.78, 5) is 33.3. The molecular weight excluding hydrogens is 246 g/mol. The van der Waals surface area contributed by atoms with Crippen LogP contribution in [0.1, 0.15) is 49.5 Å². The van der Waals surface area contributed by atoms with Crippen molar-refractivity contribution in [2.45, 2.75) is 45.6 Å². The number of aryl methyl sites for hydroxylation is 1. The second-order valence-electron chi connectivity index (χ2n) is 4.48. The molecule has 0 saturated heterocycles. The summed E-state index contributed by atoms with van der Waals surface area (Å²) in [6.45, 7) is 2.84. The summed E-state index contributed by atoms with van der Waals surface area (Å²) in [5, 5.41) is 8.49. The van der Waals surface area contributed by atoms with E-state index >= 15 is 0 Å². The highest BCUT2D eigenvalue weighted by Crippen LogP contribution is 2.09. The molecule has 1 aromatic rings. The molecule has 0 aliphatic carbocycles. The van der Waals surface area contributed by atoms with Gasteiger partial charge in [-0.1, -0.05) is 26.2 Å². The highest BCUT2D eigenvalue weighted by Gasteiger charge is 2.19. The molecule has 5 nitrogen and oxygen atoms in total. The van der Waals surface area contributed by atoms with E-state index in [0.717, 1.165) is 32.2 Å². The van der Waals surface area contributed by atoms with Gasteiger partial charge < -0.3 is 9.67 Å². The second kappa shape index (κ2) is 7.51. The van der Waals surface area contributed by atoms with E-state index in [4.69, 9.17) is 5.11 Å². The molecule has 19 heavy (non-hydrogen) atoms. The van der Waals surface area contributed by atoms with Crippen LogP contribution in [0, 0.1) is 0 Å². The summed E-state index contributed by atoms with van der Waals surface area (Å²) in [5.41, 5.74) is 0.408. The van der Waals surface area contributed by atoms with Crippen LogP contribution in [0.5, 0.6) is 0 Å². The first-order valence-corrected chi connectivity index (χ1v) is 6.50. The summed E-state index contributed by atoms with van der Waals surface area (Å²) < 4.78 is 1.78. The Kier molecular flexibility index (Phi) is 5.99. The van der Waals surface area contributed by atoms with Crippen LogP contribution in [0.25, 0.3) is 0 Å². The molecule has 0 aliphatic rings. The molecule has 0 fully saturated rings. The lowest BCUT2D eigenvalue weighted by molar-refractivity contribution is -0.148. The van der Waals surface area contributed by atoms with Gasteiger partial charge in [0.25, 0.3) is 0 Å². The number of Topliss-reactive ketones (excluding diaryl/α,β-unsaturated/α-hetero) is 2. The van der Waals surface area contributed by atoms with Crippen LogP contribution >= 0.6 is 0 Å². The summed E-state index contributed by atoms with van der Waals surface area (Å²) in [6.07, 6.45) is 5.57. The van der Waals surface area contributed by atoms with Crippen LogP contribution in [0.4, 0.5) is 0 Å². The van der Waals surface area contributed by atoms with Crippen molar-refractivity contribution >= 4 is 17.5 Å². The van der Waals surface area contributed by atoms with Gasteiger partial charge in [0.2, 0.25) is 5.78 Å². The van der Waals surface area contributed by atoms with Crippen molar-refractivity contribution in [3.63, 3.8) is 0 Å². The van der Waals surface area contributed by atoms with Crippen LogP contribution in [-0.2, 0) is 16.1 Å². The van der Waals surface area contributed by atoms with Gasteiger partial charge in [0.15, 0.2) is 5.78 Å². The maximum Gasteiger partial charge on any atom is 0.372 e. The molecule has 0 unspecified atom stereocenters. The monoisotopic (exact) mass is 265 g/mol. The van der Waals surface area contributed by atoms with E-state index in [1.165, 1.54) is 0 Å². The molecule has 1 heterocycles. The minimum Gasteiger partial charge on any atom is -0.475 e. The summed E-state index contributed by atoms with van der Waals surface area (Å²) in [5.74, 6) is -3.06. The Morgan fingerprint density at radius 1 is 1.21 bits per heavy atom. The number of carbonyl (C=O) groups excluding carboxylic acids is 2. The molecule has 1 rings (SSSR count). The number of rotatable bonds is 9. The Morgan fingerprint density at radius 2 is 1.95 bits per heavy atom. The number of hydrogen-bond donors (Lipinski definition) is 1. The molecule has 0 saturated carbocycles. The van der Waals surface area contributed by atoms with Crippen molar-refractivity contribution in [3.05, 3.63) is 24.0 Å². The summed E-state index contributed by atoms with van der Waals surface area (Å²) in [6, 6.07) is 3.36. The van der Waals surface area contributed by atoms with Gasteiger partial charge in [-0.2, -0.15) is 0 Å². The lowest BCUT2D eigenvalue weighted by Crippen LogP contribution is -2.19. The molecule has 104 valence electrons. The number of carboxylic acid groups (broad SMARTS) is 1. The normalized spacial score (nSPS) is 10.4. The number of unbranched alkanes of at least 4 members (excludes halogenated alkanes) is 3. The van der Waals surface area contributed by atoms with E-state index in [1.807, 2.05) is 0 Å². The first-order valence-electron chi connectivity index (χ1n) is 6.50. The maximum atomic E-state index is 11.8. The van der Waals surface area contributed by atoms with Gasteiger partial charge >= 0.3 is 5.97 Å². The zero-order chi connectivity index (χ0) is 14.3. The van der Waals surface area contributed by atoms with Crippen molar-refractivity contribution in [1.82, 2.24) is 4.57 Å². The predicted molar refractivity (Wildman–Crippen MR) is 70.2 cm³/mol. The van der Waals surface area contributed by atoms with E-state index in [2.05, 4.69) is 6.92 Å². The van der Waals surface area contributed by atoms with Crippen molar-refractivity contribution < 1.29 is 19.5 Å². The number of aliphatic carboxylic acids is 1. The number of carboxylic acids is 1. The fourth-order valence-electron chi connectivity index (χ4n) is 1.88. The molecule has 0 radical (unpaired) electrons. The van der Waals surface area contributed by atoms with E-state index in [9.17, 15) is 14.4 Å². The average Bonchev–Trinajstić information content (AvgIpc) is 2.82. The van der Waals surface area contributed by atoms with Gasteiger partial charge in [-0.15, -0.1) is 0 Å². The largest absolute Gasteiger partial charge is 0.475 e.